The summed E-state index contributed by atoms with van der Waals surface area (Å²) in [5, 5.41) is 1.07. The van der Waals surface area contributed by atoms with E-state index < -0.39 is 0 Å². The maximum absolute atomic E-state index is 5.69. The molecule has 3 heterocycles. The zero-order valence-electron chi connectivity index (χ0n) is 10.8. The minimum absolute atomic E-state index is 0.473. The van der Waals surface area contributed by atoms with Crippen LogP contribution in [0.5, 0.6) is 0 Å². The molecule has 1 aromatic rings. The molecule has 2 saturated heterocycles. The topological polar surface area (TPSA) is 41.5 Å². The molecule has 1 atom stereocenters. The maximum Gasteiger partial charge on any atom is 0.205 e. The first-order valence-electron chi connectivity index (χ1n) is 6.70. The van der Waals surface area contributed by atoms with Crippen LogP contribution in [0.3, 0.4) is 0 Å². The van der Waals surface area contributed by atoms with Crippen molar-refractivity contribution in [3.8, 4) is 0 Å². The minimum Gasteiger partial charge on any atom is -0.377 e. The third kappa shape index (κ3) is 2.81. The number of aryl methyl sites for hydroxylation is 1. The summed E-state index contributed by atoms with van der Waals surface area (Å²) in [4.78, 5) is 9.31. The number of piperazine rings is 1. The highest BCUT2D eigenvalue weighted by atomic mass is 32.1. The van der Waals surface area contributed by atoms with Gasteiger partial charge in [-0.2, -0.15) is 4.37 Å². The van der Waals surface area contributed by atoms with Crippen molar-refractivity contribution in [1.82, 2.24) is 14.3 Å². The Kier molecular flexibility index (Phi) is 3.77. The molecule has 0 aliphatic carbocycles. The van der Waals surface area contributed by atoms with Gasteiger partial charge < -0.3 is 9.64 Å². The van der Waals surface area contributed by atoms with E-state index >= 15 is 0 Å². The smallest absolute Gasteiger partial charge is 0.205 e. The summed E-state index contributed by atoms with van der Waals surface area (Å²) in [7, 11) is 0. The van der Waals surface area contributed by atoms with Crippen LogP contribution in [-0.4, -0.2) is 59.7 Å². The lowest BCUT2D eigenvalue weighted by atomic mass is 10.2. The van der Waals surface area contributed by atoms with E-state index in [0.29, 0.717) is 6.10 Å². The van der Waals surface area contributed by atoms with Crippen molar-refractivity contribution in [2.24, 2.45) is 0 Å². The van der Waals surface area contributed by atoms with E-state index in [1.54, 1.807) is 0 Å². The highest BCUT2D eigenvalue weighted by Gasteiger charge is 2.23. The molecule has 0 N–H and O–H groups in total. The molecule has 100 valence electrons. The van der Waals surface area contributed by atoms with Crippen LogP contribution in [0, 0.1) is 6.92 Å². The molecule has 1 unspecified atom stereocenters. The van der Waals surface area contributed by atoms with Crippen molar-refractivity contribution in [2.75, 3.05) is 44.2 Å². The summed E-state index contributed by atoms with van der Waals surface area (Å²) in [6.07, 6.45) is 2.94. The van der Waals surface area contributed by atoms with Gasteiger partial charge in [0.05, 0.1) is 6.10 Å². The van der Waals surface area contributed by atoms with E-state index in [9.17, 15) is 0 Å². The van der Waals surface area contributed by atoms with Gasteiger partial charge in [-0.3, -0.25) is 4.90 Å². The summed E-state index contributed by atoms with van der Waals surface area (Å²) >= 11 is 1.51. The number of hydrogen-bond donors (Lipinski definition) is 0. The molecule has 2 fully saturated rings. The Bertz CT molecular complexity index is 383. The van der Waals surface area contributed by atoms with Crippen LogP contribution >= 0.6 is 11.5 Å². The third-order valence-corrected chi connectivity index (χ3v) is 4.51. The van der Waals surface area contributed by atoms with Gasteiger partial charge in [-0.1, -0.05) is 0 Å². The SMILES string of the molecule is Cc1nsc(N2CCN(CC3CCCO3)CC2)n1. The van der Waals surface area contributed by atoms with Crippen molar-refractivity contribution >= 4 is 16.7 Å². The number of hydrogen-bond acceptors (Lipinski definition) is 6. The van der Waals surface area contributed by atoms with Gasteiger partial charge in [-0.25, -0.2) is 4.98 Å². The summed E-state index contributed by atoms with van der Waals surface area (Å²) in [5.41, 5.74) is 0. The molecule has 0 saturated carbocycles. The highest BCUT2D eigenvalue weighted by Crippen LogP contribution is 2.20. The Morgan fingerprint density at radius 1 is 1.33 bits per heavy atom. The molecule has 0 spiro atoms. The van der Waals surface area contributed by atoms with Crippen LogP contribution in [0.2, 0.25) is 0 Å². The lowest BCUT2D eigenvalue weighted by molar-refractivity contribution is 0.0713. The molecular weight excluding hydrogens is 248 g/mol. The summed E-state index contributed by atoms with van der Waals surface area (Å²) < 4.78 is 9.94. The van der Waals surface area contributed by atoms with Gasteiger partial charge in [0.2, 0.25) is 5.13 Å². The van der Waals surface area contributed by atoms with Crippen LogP contribution in [0.1, 0.15) is 18.7 Å². The van der Waals surface area contributed by atoms with Crippen molar-refractivity contribution in [1.29, 1.82) is 0 Å². The lowest BCUT2D eigenvalue weighted by Gasteiger charge is -2.35. The van der Waals surface area contributed by atoms with E-state index in [1.165, 1.54) is 24.4 Å². The van der Waals surface area contributed by atoms with E-state index in [0.717, 1.165) is 50.3 Å². The number of ether oxygens (including phenoxy) is 1. The Morgan fingerprint density at radius 3 is 2.78 bits per heavy atom. The number of anilines is 1. The van der Waals surface area contributed by atoms with Gasteiger partial charge >= 0.3 is 0 Å². The molecule has 18 heavy (non-hydrogen) atoms. The van der Waals surface area contributed by atoms with Crippen molar-refractivity contribution in [3.63, 3.8) is 0 Å². The molecule has 0 amide bonds. The van der Waals surface area contributed by atoms with Crippen LogP contribution in [-0.2, 0) is 4.74 Å². The Morgan fingerprint density at radius 2 is 2.17 bits per heavy atom. The lowest BCUT2D eigenvalue weighted by Crippen LogP contribution is -2.48. The van der Waals surface area contributed by atoms with Crippen LogP contribution in [0.25, 0.3) is 0 Å². The standard InChI is InChI=1S/C12H20N4OS/c1-10-13-12(18-14-10)16-6-4-15(5-7-16)9-11-3-2-8-17-11/h11H,2-9H2,1H3. The fourth-order valence-electron chi connectivity index (χ4n) is 2.61. The number of rotatable bonds is 3. The second kappa shape index (κ2) is 5.50. The average molecular weight is 268 g/mol. The number of aromatic nitrogens is 2. The predicted octanol–water partition coefficient (Wildman–Crippen LogP) is 1.15. The van der Waals surface area contributed by atoms with E-state index in [1.807, 2.05) is 6.92 Å². The van der Waals surface area contributed by atoms with Crippen molar-refractivity contribution in [3.05, 3.63) is 5.82 Å². The highest BCUT2D eigenvalue weighted by molar-refractivity contribution is 7.09. The predicted molar refractivity (Wildman–Crippen MR) is 72.3 cm³/mol. The number of nitrogens with zero attached hydrogens (tertiary/aromatic N) is 4. The summed E-state index contributed by atoms with van der Waals surface area (Å²) in [5.74, 6) is 0.886. The molecule has 0 radical (unpaired) electrons. The zero-order chi connectivity index (χ0) is 12.4. The fourth-order valence-corrected chi connectivity index (χ4v) is 3.34. The molecule has 6 heteroatoms. The first-order valence-corrected chi connectivity index (χ1v) is 7.48. The Balaban J connectivity index is 1.48. The second-order valence-electron chi connectivity index (χ2n) is 5.05. The van der Waals surface area contributed by atoms with Crippen LogP contribution < -0.4 is 4.90 Å². The largest absolute Gasteiger partial charge is 0.377 e. The molecule has 2 aliphatic rings. The van der Waals surface area contributed by atoms with E-state index in [2.05, 4.69) is 19.2 Å². The first kappa shape index (κ1) is 12.3. The summed E-state index contributed by atoms with van der Waals surface area (Å²) in [6, 6.07) is 0. The average Bonchev–Trinajstić information content (AvgIpc) is 3.02. The van der Waals surface area contributed by atoms with Crippen LogP contribution in [0.15, 0.2) is 0 Å². The van der Waals surface area contributed by atoms with E-state index in [4.69, 9.17) is 4.74 Å². The van der Waals surface area contributed by atoms with Gasteiger partial charge in [-0.15, -0.1) is 0 Å². The second-order valence-corrected chi connectivity index (χ2v) is 5.78. The van der Waals surface area contributed by atoms with Gasteiger partial charge in [0.15, 0.2) is 0 Å². The third-order valence-electron chi connectivity index (χ3n) is 3.65. The molecule has 5 nitrogen and oxygen atoms in total. The zero-order valence-corrected chi connectivity index (χ0v) is 11.7. The van der Waals surface area contributed by atoms with Crippen LogP contribution in [0.4, 0.5) is 5.13 Å². The minimum atomic E-state index is 0.473. The van der Waals surface area contributed by atoms with Crippen molar-refractivity contribution in [2.45, 2.75) is 25.9 Å². The Labute approximate surface area is 112 Å². The monoisotopic (exact) mass is 268 g/mol. The normalized spacial score (nSPS) is 25.8. The molecule has 0 aromatic carbocycles. The molecular formula is C12H20N4OS. The molecule has 3 rings (SSSR count). The summed E-state index contributed by atoms with van der Waals surface area (Å²) in [6.45, 7) is 8.34. The van der Waals surface area contributed by atoms with Gasteiger partial charge in [0.1, 0.15) is 5.82 Å². The molecule has 2 aliphatic heterocycles. The quantitative estimate of drug-likeness (QED) is 0.822. The maximum atomic E-state index is 5.69. The first-order chi connectivity index (χ1) is 8.81. The van der Waals surface area contributed by atoms with Crippen molar-refractivity contribution < 1.29 is 4.74 Å². The fraction of sp³-hybridized carbons (Fsp3) is 0.833. The Hall–Kier alpha value is -0.720. The van der Waals surface area contributed by atoms with Gasteiger partial charge in [0, 0.05) is 50.9 Å². The van der Waals surface area contributed by atoms with E-state index in [-0.39, 0.29) is 0 Å². The van der Waals surface area contributed by atoms with Gasteiger partial charge in [0.25, 0.3) is 0 Å². The van der Waals surface area contributed by atoms with Gasteiger partial charge in [-0.05, 0) is 19.8 Å². The molecule has 0 bridgehead atoms. The molecule has 1 aromatic heterocycles.